The predicted molar refractivity (Wildman–Crippen MR) is 139 cm³/mol. The SMILES string of the molecule is CC(=O)[C@@H](CC(=O)O)NC(=O)CC[C@@H](NC(=O)c1ccc(NCc2cnc3nc(N)[nH]c(=O)c3n2)cc1)C(=O)O. The highest BCUT2D eigenvalue weighted by Crippen LogP contribution is 2.12. The largest absolute Gasteiger partial charge is 0.481 e. The second-order valence-electron chi connectivity index (χ2n) is 8.65. The quantitative estimate of drug-likeness (QED) is 0.140. The van der Waals surface area contributed by atoms with Crippen LogP contribution in [0.1, 0.15) is 42.2 Å². The number of fused-ring (bicyclic) bond motifs is 1. The number of carbonyl (C=O) groups excluding carboxylic acids is 3. The number of nitrogens with zero attached hydrogens (tertiary/aromatic N) is 3. The van der Waals surface area contributed by atoms with Gasteiger partial charge in [-0.05, 0) is 37.6 Å². The van der Waals surface area contributed by atoms with E-state index in [-0.39, 0.29) is 42.1 Å². The molecule has 0 saturated carbocycles. The van der Waals surface area contributed by atoms with E-state index in [0.29, 0.717) is 11.4 Å². The van der Waals surface area contributed by atoms with E-state index in [0.717, 1.165) is 6.92 Å². The molecule has 210 valence electrons. The molecule has 0 fully saturated rings. The molecule has 40 heavy (non-hydrogen) atoms. The van der Waals surface area contributed by atoms with Gasteiger partial charge in [0.2, 0.25) is 11.9 Å². The van der Waals surface area contributed by atoms with Crippen LogP contribution in [0, 0.1) is 0 Å². The third-order valence-electron chi connectivity index (χ3n) is 5.58. The van der Waals surface area contributed by atoms with Gasteiger partial charge < -0.3 is 31.9 Å². The van der Waals surface area contributed by atoms with Gasteiger partial charge in [0.05, 0.1) is 30.9 Å². The van der Waals surface area contributed by atoms with E-state index in [1.807, 2.05) is 0 Å². The molecule has 2 heterocycles. The van der Waals surface area contributed by atoms with Crippen LogP contribution < -0.4 is 27.2 Å². The summed E-state index contributed by atoms with van der Waals surface area (Å²) in [5.41, 5.74) is 6.30. The summed E-state index contributed by atoms with van der Waals surface area (Å²) in [6.45, 7) is 1.32. The third kappa shape index (κ3) is 8.04. The highest BCUT2D eigenvalue weighted by Gasteiger charge is 2.24. The summed E-state index contributed by atoms with van der Waals surface area (Å²) < 4.78 is 0. The second-order valence-corrected chi connectivity index (χ2v) is 8.65. The smallest absolute Gasteiger partial charge is 0.326 e. The standard InChI is InChI=1S/C24H26N8O8/c1-11(33)16(8-18(35)36)29-17(34)7-6-15(23(39)40)30-21(37)12-2-4-13(5-3-12)26-9-14-10-27-20-19(28-14)22(38)32-24(25)31-20/h2-5,10,15-16,26H,6-9H2,1H3,(H,29,34)(H,30,37)(H,35,36)(H,39,40)(H3,25,27,31,32,38)/t15-,16-/m1/s1. The first-order valence-electron chi connectivity index (χ1n) is 11.8. The van der Waals surface area contributed by atoms with E-state index in [1.54, 1.807) is 12.1 Å². The van der Waals surface area contributed by atoms with Crippen LogP contribution in [0.15, 0.2) is 35.3 Å². The minimum atomic E-state index is -1.41. The Morgan fingerprint density at radius 2 is 1.73 bits per heavy atom. The fraction of sp³-hybridized carbons (Fsp3) is 0.292. The second kappa shape index (κ2) is 12.9. The number of nitrogen functional groups attached to an aromatic ring is 1. The molecule has 2 atom stereocenters. The summed E-state index contributed by atoms with van der Waals surface area (Å²) in [5, 5.41) is 25.9. The van der Waals surface area contributed by atoms with E-state index in [9.17, 15) is 33.9 Å². The predicted octanol–water partition coefficient (Wildman–Crippen LogP) is -0.581. The van der Waals surface area contributed by atoms with Gasteiger partial charge >= 0.3 is 11.9 Å². The molecule has 0 radical (unpaired) electrons. The lowest BCUT2D eigenvalue weighted by Crippen LogP contribution is -2.44. The Labute approximate surface area is 225 Å². The first-order chi connectivity index (χ1) is 18.9. The number of aliphatic carboxylic acids is 2. The Morgan fingerprint density at radius 3 is 2.35 bits per heavy atom. The molecule has 8 N–H and O–H groups in total. The minimum absolute atomic E-state index is 0.0323. The fourth-order valence-electron chi connectivity index (χ4n) is 3.50. The van der Waals surface area contributed by atoms with Crippen molar-refractivity contribution in [2.45, 2.75) is 44.8 Å². The lowest BCUT2D eigenvalue weighted by Gasteiger charge is -2.17. The summed E-state index contributed by atoms with van der Waals surface area (Å²) >= 11 is 0. The average Bonchev–Trinajstić information content (AvgIpc) is 2.89. The molecule has 0 bridgehead atoms. The minimum Gasteiger partial charge on any atom is -0.481 e. The molecule has 0 aliphatic carbocycles. The Morgan fingerprint density at radius 1 is 1.02 bits per heavy atom. The Balaban J connectivity index is 1.55. The van der Waals surface area contributed by atoms with Crippen LogP contribution in [0.4, 0.5) is 11.6 Å². The number of ketones is 1. The van der Waals surface area contributed by atoms with Gasteiger partial charge in [-0.25, -0.2) is 14.8 Å². The van der Waals surface area contributed by atoms with Gasteiger partial charge in [0.25, 0.3) is 11.5 Å². The van der Waals surface area contributed by atoms with Gasteiger partial charge in [-0.1, -0.05) is 0 Å². The van der Waals surface area contributed by atoms with E-state index >= 15 is 0 Å². The Kier molecular flexibility index (Phi) is 9.40. The number of aromatic nitrogens is 4. The maximum atomic E-state index is 12.6. The normalized spacial score (nSPS) is 12.2. The third-order valence-corrected chi connectivity index (χ3v) is 5.58. The number of carboxylic acid groups (broad SMARTS) is 2. The summed E-state index contributed by atoms with van der Waals surface area (Å²) in [7, 11) is 0. The molecular weight excluding hydrogens is 528 g/mol. The summed E-state index contributed by atoms with van der Waals surface area (Å²) in [5.74, 6) is -4.70. The maximum Gasteiger partial charge on any atom is 0.326 e. The Bertz CT molecular complexity index is 1500. The van der Waals surface area contributed by atoms with Crippen molar-refractivity contribution in [3.63, 3.8) is 0 Å². The van der Waals surface area contributed by atoms with Crippen molar-refractivity contribution in [2.24, 2.45) is 0 Å². The van der Waals surface area contributed by atoms with Crippen molar-refractivity contribution >= 4 is 52.3 Å². The molecule has 0 aliphatic rings. The molecule has 3 aromatic rings. The molecule has 3 rings (SSSR count). The van der Waals surface area contributed by atoms with Gasteiger partial charge in [-0.15, -0.1) is 0 Å². The van der Waals surface area contributed by atoms with Crippen molar-refractivity contribution in [2.75, 3.05) is 11.1 Å². The molecular formula is C24H26N8O8. The number of carboxylic acids is 2. The first kappa shape index (κ1) is 29.2. The number of Topliss-reactive ketones (excluding diaryl/α,β-unsaturated/α-hetero) is 1. The van der Waals surface area contributed by atoms with Crippen LogP contribution in [-0.4, -0.2) is 71.8 Å². The summed E-state index contributed by atoms with van der Waals surface area (Å²) in [4.78, 5) is 85.2. The van der Waals surface area contributed by atoms with Crippen LogP contribution in [0.25, 0.3) is 11.2 Å². The van der Waals surface area contributed by atoms with Crippen LogP contribution in [0.5, 0.6) is 0 Å². The van der Waals surface area contributed by atoms with Gasteiger partial charge in [0.1, 0.15) is 6.04 Å². The number of benzene rings is 1. The number of rotatable bonds is 13. The van der Waals surface area contributed by atoms with Crippen LogP contribution >= 0.6 is 0 Å². The summed E-state index contributed by atoms with van der Waals surface area (Å²) in [6, 6.07) is 3.41. The number of aromatic amines is 1. The summed E-state index contributed by atoms with van der Waals surface area (Å²) in [6.07, 6.45) is 0.174. The Hall–Kier alpha value is -5.41. The molecule has 0 saturated heterocycles. The molecule has 1 aromatic carbocycles. The fourth-order valence-corrected chi connectivity index (χ4v) is 3.50. The zero-order valence-electron chi connectivity index (χ0n) is 21.1. The topological polar surface area (TPSA) is 259 Å². The molecule has 2 amide bonds. The zero-order chi connectivity index (χ0) is 29.4. The van der Waals surface area contributed by atoms with Gasteiger partial charge in [-0.2, -0.15) is 4.98 Å². The van der Waals surface area contributed by atoms with Crippen LogP contribution in [0.2, 0.25) is 0 Å². The number of carbonyl (C=O) groups is 5. The lowest BCUT2D eigenvalue weighted by atomic mass is 10.1. The highest BCUT2D eigenvalue weighted by molar-refractivity contribution is 5.97. The number of hydrogen-bond acceptors (Lipinski definition) is 11. The molecule has 16 nitrogen and oxygen atoms in total. The van der Waals surface area contributed by atoms with Crippen molar-refractivity contribution in [3.05, 3.63) is 52.1 Å². The van der Waals surface area contributed by atoms with E-state index in [2.05, 4.69) is 35.9 Å². The number of amides is 2. The van der Waals surface area contributed by atoms with E-state index in [1.165, 1.54) is 18.3 Å². The monoisotopic (exact) mass is 554 g/mol. The maximum absolute atomic E-state index is 12.6. The van der Waals surface area contributed by atoms with Crippen LogP contribution in [-0.2, 0) is 25.7 Å². The molecule has 0 unspecified atom stereocenters. The number of anilines is 2. The first-order valence-corrected chi connectivity index (χ1v) is 11.8. The number of hydrogen-bond donors (Lipinski definition) is 7. The molecule has 0 aliphatic heterocycles. The molecule has 2 aromatic heterocycles. The van der Waals surface area contributed by atoms with Gasteiger partial charge in [0.15, 0.2) is 16.9 Å². The number of nitrogens with one attached hydrogen (secondary N) is 4. The molecule has 0 spiro atoms. The van der Waals surface area contributed by atoms with E-state index < -0.39 is 53.6 Å². The van der Waals surface area contributed by atoms with Crippen molar-refractivity contribution in [3.8, 4) is 0 Å². The van der Waals surface area contributed by atoms with Crippen molar-refractivity contribution in [1.29, 1.82) is 0 Å². The van der Waals surface area contributed by atoms with Crippen molar-refractivity contribution in [1.82, 2.24) is 30.6 Å². The number of H-pyrrole nitrogens is 1. The van der Waals surface area contributed by atoms with Crippen molar-refractivity contribution < 1.29 is 34.2 Å². The van der Waals surface area contributed by atoms with Gasteiger partial charge in [-0.3, -0.25) is 29.0 Å². The molecule has 16 heteroatoms. The zero-order valence-corrected chi connectivity index (χ0v) is 21.1. The number of nitrogens with two attached hydrogens (primary N) is 1. The highest BCUT2D eigenvalue weighted by atomic mass is 16.4. The van der Waals surface area contributed by atoms with E-state index in [4.69, 9.17) is 10.8 Å². The lowest BCUT2D eigenvalue weighted by molar-refractivity contribution is -0.140. The van der Waals surface area contributed by atoms with Gasteiger partial charge in [0, 0.05) is 17.7 Å². The average molecular weight is 555 g/mol. The van der Waals surface area contributed by atoms with Crippen LogP contribution in [0.3, 0.4) is 0 Å².